The Morgan fingerprint density at radius 2 is 1.77 bits per heavy atom. The highest BCUT2D eigenvalue weighted by Crippen LogP contribution is 2.26. The van der Waals surface area contributed by atoms with E-state index in [1.54, 1.807) is 0 Å². The van der Waals surface area contributed by atoms with Crippen LogP contribution in [0, 0.1) is 0 Å². The van der Waals surface area contributed by atoms with Crippen molar-refractivity contribution in [3.63, 3.8) is 0 Å². The molecular formula is C20H31FN2O7. The zero-order valence-corrected chi connectivity index (χ0v) is 16.7. The van der Waals surface area contributed by atoms with E-state index in [1.807, 2.05) is 0 Å². The first-order valence-electron chi connectivity index (χ1n) is 10.1. The van der Waals surface area contributed by atoms with Gasteiger partial charge in [-0.2, -0.15) is 0 Å². The van der Waals surface area contributed by atoms with Gasteiger partial charge in [0.05, 0.1) is 6.61 Å². The van der Waals surface area contributed by atoms with Crippen molar-refractivity contribution in [2.24, 2.45) is 5.73 Å². The third-order valence-corrected chi connectivity index (χ3v) is 4.93. The smallest absolute Gasteiger partial charge is 0.259 e. The molecule has 0 aromatic heterocycles. The molecule has 1 aliphatic heterocycles. The van der Waals surface area contributed by atoms with Crippen molar-refractivity contribution >= 4 is 5.91 Å². The number of carbonyl (C=O) groups is 1. The summed E-state index contributed by atoms with van der Waals surface area (Å²) in [5.41, 5.74) is 5.55. The first kappa shape index (κ1) is 24.4. The van der Waals surface area contributed by atoms with Gasteiger partial charge in [0.15, 0.2) is 0 Å². The summed E-state index contributed by atoms with van der Waals surface area (Å²) in [6.45, 7) is 0.451. The van der Waals surface area contributed by atoms with Crippen molar-refractivity contribution in [3.8, 4) is 5.75 Å². The Morgan fingerprint density at radius 3 is 2.40 bits per heavy atom. The van der Waals surface area contributed by atoms with E-state index in [1.165, 1.54) is 24.3 Å². The van der Waals surface area contributed by atoms with Crippen molar-refractivity contribution < 1.29 is 39.1 Å². The van der Waals surface area contributed by atoms with E-state index in [9.17, 15) is 29.6 Å². The third kappa shape index (κ3) is 6.59. The average molecular weight is 430 g/mol. The van der Waals surface area contributed by atoms with Crippen LogP contribution in [0.5, 0.6) is 5.75 Å². The van der Waals surface area contributed by atoms with Crippen molar-refractivity contribution in [2.45, 2.75) is 62.6 Å². The van der Waals surface area contributed by atoms with Crippen molar-refractivity contribution in [3.05, 3.63) is 29.8 Å². The normalized spacial score (nSPS) is 27.5. The second-order valence-electron chi connectivity index (χ2n) is 7.24. The van der Waals surface area contributed by atoms with Gasteiger partial charge >= 0.3 is 0 Å². The molecule has 2 rings (SSSR count). The number of benzene rings is 1. The van der Waals surface area contributed by atoms with Crippen LogP contribution in [0.25, 0.3) is 0 Å². The molecule has 7 N–H and O–H groups in total. The van der Waals surface area contributed by atoms with Crippen LogP contribution in [0.1, 0.15) is 37.4 Å². The molecule has 0 spiro atoms. The number of alkyl halides is 1. The highest BCUT2D eigenvalue weighted by atomic mass is 19.1. The number of carbonyl (C=O) groups excluding carboxylic acids is 1. The maximum Gasteiger partial charge on any atom is 0.259 e. The zero-order valence-electron chi connectivity index (χ0n) is 16.7. The van der Waals surface area contributed by atoms with Crippen LogP contribution < -0.4 is 15.8 Å². The van der Waals surface area contributed by atoms with Gasteiger partial charge < -0.3 is 41.0 Å². The number of hydrogen-bond acceptors (Lipinski definition) is 8. The topological polar surface area (TPSA) is 154 Å². The minimum absolute atomic E-state index is 0.136. The number of halogens is 1. The molecule has 0 saturated carbocycles. The fraction of sp³-hybridized carbons (Fsp3) is 0.650. The van der Waals surface area contributed by atoms with Gasteiger partial charge in [0.2, 0.25) is 12.5 Å². The number of ether oxygens (including phenoxy) is 2. The van der Waals surface area contributed by atoms with Gasteiger partial charge in [-0.1, -0.05) is 25.0 Å². The van der Waals surface area contributed by atoms with Crippen LogP contribution in [-0.4, -0.2) is 76.7 Å². The Kier molecular flexibility index (Phi) is 9.89. The standard InChI is InChI=1S/C20H31FN2O7/c21-15(19(28)23-10-4-2-1-3-9-22)12-5-7-13(8-6-12)29-20-18(27)17(26)16(25)14(11-24)30-20/h5-8,14-18,20,24-27H,1-4,9-11,22H2,(H,23,28)/t14-,15?,16-,17-,18+,20+/m1/s1. The maximum atomic E-state index is 14.4. The molecule has 1 fully saturated rings. The molecule has 9 nitrogen and oxygen atoms in total. The minimum Gasteiger partial charge on any atom is -0.462 e. The maximum absolute atomic E-state index is 14.4. The Morgan fingerprint density at radius 1 is 1.10 bits per heavy atom. The Labute approximate surface area is 174 Å². The summed E-state index contributed by atoms with van der Waals surface area (Å²) in [6.07, 6.45) is -5.30. The van der Waals surface area contributed by atoms with E-state index >= 15 is 0 Å². The summed E-state index contributed by atoms with van der Waals surface area (Å²) in [5.74, 6) is -0.535. The van der Waals surface area contributed by atoms with Crippen molar-refractivity contribution in [2.75, 3.05) is 19.7 Å². The summed E-state index contributed by atoms with van der Waals surface area (Å²) < 4.78 is 25.1. The number of rotatable bonds is 11. The number of hydrogen-bond donors (Lipinski definition) is 6. The molecule has 1 saturated heterocycles. The molecule has 1 aromatic rings. The summed E-state index contributed by atoms with van der Waals surface area (Å²) in [7, 11) is 0. The van der Waals surface area contributed by atoms with E-state index < -0.39 is 49.4 Å². The first-order chi connectivity index (χ1) is 14.4. The minimum atomic E-state index is -1.84. The molecule has 1 aromatic carbocycles. The average Bonchev–Trinajstić information content (AvgIpc) is 2.76. The monoisotopic (exact) mass is 430 g/mol. The van der Waals surface area contributed by atoms with Gasteiger partial charge in [0.1, 0.15) is 30.2 Å². The molecule has 1 unspecified atom stereocenters. The predicted molar refractivity (Wildman–Crippen MR) is 105 cm³/mol. The van der Waals surface area contributed by atoms with Gasteiger partial charge in [-0.3, -0.25) is 4.79 Å². The molecule has 0 bridgehead atoms. The van der Waals surface area contributed by atoms with Gasteiger partial charge in [-0.25, -0.2) is 4.39 Å². The van der Waals surface area contributed by atoms with Crippen LogP contribution in [0.4, 0.5) is 4.39 Å². The number of amides is 1. The number of unbranched alkanes of at least 4 members (excludes halogenated alkanes) is 3. The quantitative estimate of drug-likeness (QED) is 0.257. The Bertz CT molecular complexity index is 647. The number of aliphatic hydroxyl groups excluding tert-OH is 4. The summed E-state index contributed by atoms with van der Waals surface area (Å²) >= 11 is 0. The van der Waals surface area contributed by atoms with Gasteiger partial charge in [0, 0.05) is 6.54 Å². The SMILES string of the molecule is NCCCCCCNC(=O)C(F)c1ccc(O[C@H]2O[C@H](CO)[C@@H](O)[C@@H](O)[C@@H]2O)cc1. The molecule has 30 heavy (non-hydrogen) atoms. The first-order valence-corrected chi connectivity index (χ1v) is 10.1. The van der Waals surface area contributed by atoms with Crippen molar-refractivity contribution in [1.29, 1.82) is 0 Å². The number of nitrogens with two attached hydrogens (primary N) is 1. The molecular weight excluding hydrogens is 399 g/mol. The lowest BCUT2D eigenvalue weighted by Crippen LogP contribution is -2.60. The molecule has 1 aliphatic rings. The van der Waals surface area contributed by atoms with Gasteiger partial charge in [0.25, 0.3) is 5.91 Å². The van der Waals surface area contributed by atoms with E-state index in [4.69, 9.17) is 15.2 Å². The molecule has 1 heterocycles. The lowest BCUT2D eigenvalue weighted by molar-refractivity contribution is -0.277. The van der Waals surface area contributed by atoms with Crippen LogP contribution in [-0.2, 0) is 9.53 Å². The second kappa shape index (κ2) is 12.1. The Hall–Kier alpha value is -1.82. The second-order valence-corrected chi connectivity index (χ2v) is 7.24. The summed E-state index contributed by atoms with van der Waals surface area (Å²) in [5, 5.41) is 41.3. The van der Waals surface area contributed by atoms with Gasteiger partial charge in [-0.15, -0.1) is 0 Å². The predicted octanol–water partition coefficient (Wildman–Crippen LogP) is -0.489. The van der Waals surface area contributed by atoms with Crippen LogP contribution >= 0.6 is 0 Å². The summed E-state index contributed by atoms with van der Waals surface area (Å²) in [4.78, 5) is 11.9. The zero-order chi connectivity index (χ0) is 22.1. The molecule has 0 radical (unpaired) electrons. The largest absolute Gasteiger partial charge is 0.462 e. The van der Waals surface area contributed by atoms with Crippen LogP contribution in [0.2, 0.25) is 0 Å². The van der Waals surface area contributed by atoms with E-state index in [0.717, 1.165) is 25.7 Å². The highest BCUT2D eigenvalue weighted by Gasteiger charge is 2.44. The highest BCUT2D eigenvalue weighted by molar-refractivity contribution is 5.82. The van der Waals surface area contributed by atoms with Crippen LogP contribution in [0.3, 0.4) is 0 Å². The molecule has 1 amide bonds. The van der Waals surface area contributed by atoms with E-state index in [2.05, 4.69) is 5.32 Å². The molecule has 0 aliphatic carbocycles. The molecule has 6 atom stereocenters. The molecule has 10 heteroatoms. The lowest BCUT2D eigenvalue weighted by Gasteiger charge is -2.39. The number of aliphatic hydroxyl groups is 4. The lowest BCUT2D eigenvalue weighted by atomic mass is 9.99. The van der Waals surface area contributed by atoms with E-state index in [-0.39, 0.29) is 11.3 Å². The Balaban J connectivity index is 1.86. The van der Waals surface area contributed by atoms with Crippen molar-refractivity contribution in [1.82, 2.24) is 5.32 Å². The van der Waals surface area contributed by atoms with Gasteiger partial charge in [-0.05, 0) is 37.1 Å². The fourth-order valence-electron chi connectivity index (χ4n) is 3.09. The number of nitrogens with one attached hydrogen (secondary N) is 1. The molecule has 170 valence electrons. The van der Waals surface area contributed by atoms with E-state index in [0.29, 0.717) is 13.1 Å². The van der Waals surface area contributed by atoms with Crippen LogP contribution in [0.15, 0.2) is 24.3 Å². The summed E-state index contributed by atoms with van der Waals surface area (Å²) in [6, 6.07) is 5.52. The third-order valence-electron chi connectivity index (χ3n) is 4.93. The fourth-order valence-corrected chi connectivity index (χ4v) is 3.09.